The Kier molecular flexibility index (Phi) is 13.8. The van der Waals surface area contributed by atoms with Crippen molar-refractivity contribution < 1.29 is 16.5 Å². The van der Waals surface area contributed by atoms with E-state index < -0.39 is 0 Å². The van der Waals surface area contributed by atoms with Gasteiger partial charge in [-0.15, -0.1) is 0 Å². The van der Waals surface area contributed by atoms with Crippen molar-refractivity contribution in [3.05, 3.63) is 14.9 Å². The molecule has 2 rings (SSSR count). The summed E-state index contributed by atoms with van der Waals surface area (Å²) >= 11 is 0. The molecule has 2 aliphatic carbocycles. The van der Waals surface area contributed by atoms with Crippen molar-refractivity contribution in [1.29, 1.82) is 0 Å². The molecular weight excluding hydrogens is 323 g/mol. The van der Waals surface area contributed by atoms with Crippen molar-refractivity contribution in [3.63, 3.8) is 0 Å². The second kappa shape index (κ2) is 11.2. The molecule has 144 valence electrons. The van der Waals surface area contributed by atoms with Crippen molar-refractivity contribution in [1.82, 2.24) is 0 Å². The topological polar surface area (TPSA) is 0 Å². The fourth-order valence-electron chi connectivity index (χ4n) is 4.79. The Morgan fingerprint density at radius 3 is 0.348 bits per heavy atom. The predicted molar refractivity (Wildman–Crippen MR) is 104 cm³/mol. The average molecular weight is 369 g/mol. The summed E-state index contributed by atoms with van der Waals surface area (Å²) in [5.74, 6) is 9.35. The van der Waals surface area contributed by atoms with E-state index in [1.807, 2.05) is 0 Å². The first-order chi connectivity index (χ1) is 9.11. The van der Waals surface area contributed by atoms with Gasteiger partial charge in [0.15, 0.2) is 0 Å². The van der Waals surface area contributed by atoms with Gasteiger partial charge in [-0.1, -0.05) is 69.2 Å². The van der Waals surface area contributed by atoms with Gasteiger partial charge in [-0.2, -0.15) is 0 Å². The zero-order valence-electron chi connectivity index (χ0n) is 18.1. The van der Waals surface area contributed by atoms with E-state index in [1.54, 1.807) is 0 Å². The van der Waals surface area contributed by atoms with Crippen LogP contribution in [0.4, 0.5) is 0 Å². The van der Waals surface area contributed by atoms with Crippen LogP contribution in [0, 0.1) is 74.0 Å². The second-order valence-electron chi connectivity index (χ2n) is 8.59. The van der Waals surface area contributed by atoms with Crippen molar-refractivity contribution in [2.45, 2.75) is 69.2 Å². The van der Waals surface area contributed by atoms with E-state index >= 15 is 0 Å². The summed E-state index contributed by atoms with van der Waals surface area (Å²) in [5.41, 5.74) is 0. The van der Waals surface area contributed by atoms with Crippen LogP contribution < -0.4 is 0 Å². The molecule has 0 N–H and O–H groups in total. The molecule has 0 aromatic rings. The van der Waals surface area contributed by atoms with E-state index in [9.17, 15) is 0 Å². The first-order valence-corrected chi connectivity index (χ1v) is 9.11. The van der Waals surface area contributed by atoms with Crippen LogP contribution >= 0.6 is 0 Å². The van der Waals surface area contributed by atoms with Gasteiger partial charge in [0.1, 0.15) is 0 Å². The molecule has 0 heterocycles. The minimum atomic E-state index is 0. The third-order valence-electron chi connectivity index (χ3n) is 8.29. The first-order valence-electron chi connectivity index (χ1n) is 9.11. The molecule has 0 aromatic heterocycles. The van der Waals surface area contributed by atoms with Gasteiger partial charge in [-0.25, -0.2) is 0 Å². The Bertz CT molecular complexity index is 181. The molecule has 2 saturated carbocycles. The third-order valence-corrected chi connectivity index (χ3v) is 8.29. The van der Waals surface area contributed by atoms with E-state index in [1.165, 1.54) is 0 Å². The maximum atomic E-state index is 2.40. The van der Waals surface area contributed by atoms with E-state index in [4.69, 9.17) is 0 Å². The molecule has 0 spiro atoms. The molecule has 0 atom stereocenters. The van der Waals surface area contributed by atoms with Gasteiger partial charge in [0.05, 0.1) is 0 Å². The van der Waals surface area contributed by atoms with Crippen LogP contribution in [-0.2, 0) is 16.5 Å². The van der Waals surface area contributed by atoms with E-state index in [0.29, 0.717) is 0 Å². The quantitative estimate of drug-likeness (QED) is 0.311. The summed E-state index contributed by atoms with van der Waals surface area (Å²) in [7, 11) is 0. The van der Waals surface area contributed by atoms with Gasteiger partial charge in [0.2, 0.25) is 0 Å². The Morgan fingerprint density at radius 2 is 0.304 bits per heavy atom. The van der Waals surface area contributed by atoms with E-state index in [-0.39, 0.29) is 31.3 Å². The maximum Gasteiger partial charge on any atom is 2.00 e. The van der Waals surface area contributed by atoms with Gasteiger partial charge < -0.3 is 14.9 Å². The van der Waals surface area contributed by atoms with Crippen LogP contribution in [0.5, 0.6) is 0 Å². The van der Waals surface area contributed by atoms with Crippen molar-refractivity contribution >= 4 is 0 Å². The summed E-state index contributed by atoms with van der Waals surface area (Å²) in [6.45, 7) is 24.0. The number of hydrogen-bond acceptors (Lipinski definition) is 0. The molecule has 2 fully saturated rings. The molecule has 0 radical (unpaired) electrons. The number of hydrogen-bond donors (Lipinski definition) is 0. The maximum absolute atomic E-state index is 2.40. The molecule has 0 aromatic carbocycles. The summed E-state index contributed by atoms with van der Waals surface area (Å²) in [6, 6.07) is 0. The standard InChI is InChI=1S/2C10H20.2CH3.Ni/c2*1-6-7(2)9(4)10(5)8(6)3;;;/h2*6-10H,1-5H3;2*1H3;/q;;2*-1;+2. The molecule has 0 nitrogen and oxygen atoms in total. The zero-order chi connectivity index (χ0) is 15.8. The summed E-state index contributed by atoms with van der Waals surface area (Å²) in [4.78, 5) is 0. The van der Waals surface area contributed by atoms with Crippen molar-refractivity contribution in [3.8, 4) is 0 Å². The SMILES string of the molecule is CC1C(C)C(C)C(C)C1C.CC1C(C)C(C)C(C)C1C.[CH3-].[CH3-].[Ni+2]. The molecule has 23 heavy (non-hydrogen) atoms. The second-order valence-corrected chi connectivity index (χ2v) is 8.59. The van der Waals surface area contributed by atoms with Crippen molar-refractivity contribution in [2.24, 2.45) is 59.2 Å². The fourth-order valence-corrected chi connectivity index (χ4v) is 4.79. The van der Waals surface area contributed by atoms with Gasteiger partial charge in [0.25, 0.3) is 0 Å². The van der Waals surface area contributed by atoms with E-state index in [2.05, 4.69) is 69.2 Å². The number of rotatable bonds is 0. The first kappa shape index (κ1) is 28.3. The predicted octanol–water partition coefficient (Wildman–Crippen LogP) is 7.26. The normalized spacial score (nSPS) is 48.3. The van der Waals surface area contributed by atoms with Crippen LogP contribution in [0.2, 0.25) is 0 Å². The third kappa shape index (κ3) is 5.76. The molecule has 0 aliphatic heterocycles. The van der Waals surface area contributed by atoms with Crippen LogP contribution in [0.1, 0.15) is 69.2 Å². The van der Waals surface area contributed by atoms with Crippen LogP contribution in [-0.4, -0.2) is 0 Å². The average Bonchev–Trinajstić information content (AvgIpc) is 2.71. The molecule has 0 saturated heterocycles. The van der Waals surface area contributed by atoms with Gasteiger partial charge in [-0.05, 0) is 59.2 Å². The van der Waals surface area contributed by atoms with Gasteiger partial charge in [0, 0.05) is 0 Å². The summed E-state index contributed by atoms with van der Waals surface area (Å²) in [6.07, 6.45) is 0. The minimum Gasteiger partial charge on any atom is -0.358 e. The van der Waals surface area contributed by atoms with Gasteiger partial charge >= 0.3 is 16.5 Å². The zero-order valence-corrected chi connectivity index (χ0v) is 19.1. The summed E-state index contributed by atoms with van der Waals surface area (Å²) < 4.78 is 0. The molecule has 0 amide bonds. The Labute approximate surface area is 159 Å². The van der Waals surface area contributed by atoms with Crippen LogP contribution in [0.25, 0.3) is 0 Å². The van der Waals surface area contributed by atoms with Gasteiger partial charge in [-0.3, -0.25) is 0 Å². The summed E-state index contributed by atoms with van der Waals surface area (Å²) in [5, 5.41) is 0. The molecule has 0 bridgehead atoms. The molecule has 2 aliphatic rings. The Hall–Kier alpha value is 0.494. The van der Waals surface area contributed by atoms with Crippen LogP contribution in [0.15, 0.2) is 0 Å². The monoisotopic (exact) mass is 368 g/mol. The van der Waals surface area contributed by atoms with E-state index in [0.717, 1.165) is 59.2 Å². The smallest absolute Gasteiger partial charge is 0.358 e. The minimum absolute atomic E-state index is 0. The Morgan fingerprint density at radius 1 is 0.261 bits per heavy atom. The molecule has 1 heteroatoms. The van der Waals surface area contributed by atoms with Crippen molar-refractivity contribution in [2.75, 3.05) is 0 Å². The molecular formula is C22H46Ni. The Balaban J connectivity index is -0.000000308. The fraction of sp³-hybridized carbons (Fsp3) is 0.909. The molecule has 0 unspecified atom stereocenters. The largest absolute Gasteiger partial charge is 2.00 e. The van der Waals surface area contributed by atoms with Crippen LogP contribution in [0.3, 0.4) is 0 Å².